The molecular weight excluding hydrogens is 404 g/mol. The van der Waals surface area contributed by atoms with Crippen LogP contribution in [0.3, 0.4) is 0 Å². The van der Waals surface area contributed by atoms with Crippen LogP contribution < -0.4 is 5.32 Å². The van der Waals surface area contributed by atoms with Crippen molar-refractivity contribution in [1.29, 1.82) is 0 Å². The Hall–Kier alpha value is -0.100. The third-order valence-corrected chi connectivity index (χ3v) is 0.471. The molecule has 0 atom stereocenters. The van der Waals surface area contributed by atoms with Crippen LogP contribution in [0.5, 0.6) is 0 Å². The maximum Gasteiger partial charge on any atom is 0.144 e. The van der Waals surface area contributed by atoms with Crippen LogP contribution in [0.15, 0.2) is 0 Å². The molecule has 0 saturated heterocycles. The van der Waals surface area contributed by atoms with Gasteiger partial charge in [0.15, 0.2) is 0 Å². The SMILES string of the molecule is CC(C)O.CN(C)C.CNC.COC.COC(C)C.CS(C)(=O)=O.CS(C)=O. The van der Waals surface area contributed by atoms with Gasteiger partial charge in [0.25, 0.3) is 0 Å². The van der Waals surface area contributed by atoms with Crippen molar-refractivity contribution in [3.8, 4) is 0 Å². The van der Waals surface area contributed by atoms with Crippen molar-refractivity contribution in [1.82, 2.24) is 10.2 Å². The van der Waals surface area contributed by atoms with Crippen molar-refractivity contribution in [3.63, 3.8) is 0 Å². The lowest BCUT2D eigenvalue weighted by Crippen LogP contribution is -1.99. The summed E-state index contributed by atoms with van der Waals surface area (Å²) in [6.07, 6.45) is 5.81. The van der Waals surface area contributed by atoms with Crippen molar-refractivity contribution in [3.05, 3.63) is 0 Å². The van der Waals surface area contributed by atoms with Crippen molar-refractivity contribution in [2.75, 3.05) is 81.6 Å². The molecule has 2 N–H and O–H groups in total. The van der Waals surface area contributed by atoms with Crippen molar-refractivity contribution >= 4 is 20.6 Å². The van der Waals surface area contributed by atoms with Gasteiger partial charge < -0.3 is 24.8 Å². The second-order valence-corrected chi connectivity index (χ2v) is 10.3. The molecule has 0 unspecified atom stereocenters. The molecule has 0 aliphatic carbocycles. The minimum absolute atomic E-state index is 0.167. The van der Waals surface area contributed by atoms with E-state index in [0.717, 1.165) is 12.5 Å². The van der Waals surface area contributed by atoms with Gasteiger partial charge in [0.2, 0.25) is 0 Å². The molecule has 0 rings (SSSR count). The lowest BCUT2D eigenvalue weighted by Gasteiger charge is -1.94. The molecule has 0 bridgehead atoms. The van der Waals surface area contributed by atoms with Gasteiger partial charge >= 0.3 is 0 Å². The monoisotopic (exact) mass is 456 g/mol. The first-order valence-corrected chi connectivity index (χ1v) is 12.8. The summed E-state index contributed by atoms with van der Waals surface area (Å²) in [6.45, 7) is 7.44. The van der Waals surface area contributed by atoms with Gasteiger partial charge in [-0.05, 0) is 62.9 Å². The number of aliphatic hydroxyl groups excluding tert-OH is 1. The normalized spacial score (nSPS) is 8.89. The van der Waals surface area contributed by atoms with Gasteiger partial charge in [0, 0.05) is 63.3 Å². The zero-order valence-corrected chi connectivity index (χ0v) is 23.0. The van der Waals surface area contributed by atoms with E-state index in [9.17, 15) is 12.6 Å². The average molecular weight is 457 g/mol. The van der Waals surface area contributed by atoms with E-state index in [1.54, 1.807) is 47.7 Å². The highest BCUT2D eigenvalue weighted by molar-refractivity contribution is 7.89. The number of sulfone groups is 1. The second kappa shape index (κ2) is 41.3. The van der Waals surface area contributed by atoms with Crippen LogP contribution in [0.4, 0.5) is 0 Å². The zero-order chi connectivity index (χ0) is 24.9. The summed E-state index contributed by atoms with van der Waals surface area (Å²) in [7, 11) is 11.4. The smallest absolute Gasteiger partial charge is 0.144 e. The van der Waals surface area contributed by atoms with E-state index in [2.05, 4.69) is 10.1 Å². The molecule has 0 heterocycles. The van der Waals surface area contributed by atoms with E-state index in [1.165, 1.54) is 0 Å². The standard InChI is InChI=1S/C4H10O.C3H9N.C3H8O.C2H7N.C2H6O2S.C2H6OS.C2H6O/c1-4(2)5-3;1-4(2)3;1-3(2)4;1-3-2;1-5(2,3)4;1-4(2)3;1-3-2/h4H,1-3H3;1-3H3;3-4H,1-2H3;3H,1-2H3;1-2H3;1-2H3;1-2H3. The van der Waals surface area contributed by atoms with Crippen LogP contribution >= 0.6 is 0 Å². The first-order valence-electron chi connectivity index (χ1n) is 8.50. The fourth-order valence-electron chi connectivity index (χ4n) is 0. The van der Waals surface area contributed by atoms with E-state index in [-0.39, 0.29) is 6.10 Å². The Balaban J connectivity index is -0.0000000371. The fraction of sp³-hybridized carbons (Fsp3) is 1.00. The third-order valence-electron chi connectivity index (χ3n) is 0.471. The number of nitrogens with one attached hydrogen (secondary N) is 1. The molecule has 0 radical (unpaired) electrons. The number of hydrogen-bond donors (Lipinski definition) is 2. The van der Waals surface area contributed by atoms with Crippen LogP contribution in [-0.4, -0.2) is 116 Å². The third kappa shape index (κ3) is 4450. The van der Waals surface area contributed by atoms with Crippen LogP contribution in [0, 0.1) is 0 Å². The van der Waals surface area contributed by atoms with Gasteiger partial charge in [0.1, 0.15) is 9.84 Å². The van der Waals surface area contributed by atoms with Crippen LogP contribution in [0.1, 0.15) is 27.7 Å². The van der Waals surface area contributed by atoms with E-state index < -0.39 is 20.6 Å². The Kier molecular flexibility index (Phi) is 68.2. The molecule has 0 aromatic heterocycles. The molecule has 0 amide bonds. The van der Waals surface area contributed by atoms with Gasteiger partial charge in [-0.2, -0.15) is 0 Å². The molecule has 8 nitrogen and oxygen atoms in total. The first-order chi connectivity index (χ1) is 12.3. The molecule has 0 aromatic rings. The number of hydrogen-bond acceptors (Lipinski definition) is 8. The average Bonchev–Trinajstić information content (AvgIpc) is 2.36. The molecule has 28 heavy (non-hydrogen) atoms. The number of rotatable bonds is 1. The lowest BCUT2D eigenvalue weighted by atomic mass is 10.5. The molecule has 10 heteroatoms. The Bertz CT molecular complexity index is 311. The van der Waals surface area contributed by atoms with E-state index in [0.29, 0.717) is 6.10 Å². The first kappa shape index (κ1) is 46.2. The summed E-state index contributed by atoms with van der Waals surface area (Å²) in [6, 6.07) is 0. The van der Waals surface area contributed by atoms with E-state index in [4.69, 9.17) is 9.84 Å². The summed E-state index contributed by atoms with van der Waals surface area (Å²) >= 11 is 0. The van der Waals surface area contributed by atoms with Crippen molar-refractivity contribution < 1.29 is 27.2 Å². The Labute approximate surface area is 179 Å². The summed E-state index contributed by atoms with van der Waals surface area (Å²) in [5.74, 6) is 0. The molecule has 0 aliphatic heterocycles. The highest BCUT2D eigenvalue weighted by atomic mass is 32.2. The largest absolute Gasteiger partial charge is 0.394 e. The molecule has 0 aromatic carbocycles. The fourth-order valence-corrected chi connectivity index (χ4v) is 0. The number of methoxy groups -OCH3 is 2. The predicted molar refractivity (Wildman–Crippen MR) is 128 cm³/mol. The van der Waals surface area contributed by atoms with Gasteiger partial charge in [-0.3, -0.25) is 4.21 Å². The minimum Gasteiger partial charge on any atom is -0.394 e. The summed E-state index contributed by atoms with van der Waals surface area (Å²) in [5, 5.41) is 10.8. The molecule has 0 saturated carbocycles. The Morgan fingerprint density at radius 1 is 0.929 bits per heavy atom. The summed E-state index contributed by atoms with van der Waals surface area (Å²) in [5.41, 5.74) is 0. The number of aliphatic hydroxyl groups is 1. The molecule has 0 spiro atoms. The second-order valence-electron chi connectivity index (χ2n) is 6.51. The maximum absolute atomic E-state index is 9.63. The lowest BCUT2D eigenvalue weighted by molar-refractivity contribution is 0.134. The van der Waals surface area contributed by atoms with Crippen molar-refractivity contribution in [2.45, 2.75) is 39.9 Å². The maximum atomic E-state index is 9.63. The molecule has 0 aliphatic rings. The number of nitrogens with zero attached hydrogens (tertiary/aromatic N) is 1. The van der Waals surface area contributed by atoms with E-state index >= 15 is 0 Å². The number of ether oxygens (including phenoxy) is 2. The Morgan fingerprint density at radius 2 is 0.964 bits per heavy atom. The highest BCUT2D eigenvalue weighted by Crippen LogP contribution is 1.77. The molecule has 182 valence electrons. The van der Waals surface area contributed by atoms with Crippen LogP contribution in [-0.2, 0) is 30.1 Å². The topological polar surface area (TPSA) is 105 Å². The molecule has 0 fully saturated rings. The Morgan fingerprint density at radius 3 is 0.964 bits per heavy atom. The summed E-state index contributed by atoms with van der Waals surface area (Å²) in [4.78, 5) is 2.00. The quantitative estimate of drug-likeness (QED) is 0.609. The van der Waals surface area contributed by atoms with Gasteiger partial charge in [-0.1, -0.05) is 0 Å². The molecular formula is C18H52N2O6S2. The van der Waals surface area contributed by atoms with Gasteiger partial charge in [0.05, 0.1) is 6.10 Å². The van der Waals surface area contributed by atoms with Gasteiger partial charge in [-0.25, -0.2) is 8.42 Å². The van der Waals surface area contributed by atoms with Crippen LogP contribution in [0.2, 0.25) is 0 Å². The highest BCUT2D eigenvalue weighted by Gasteiger charge is 1.79. The zero-order valence-electron chi connectivity index (χ0n) is 21.4. The van der Waals surface area contributed by atoms with Crippen LogP contribution in [0.25, 0.3) is 0 Å². The van der Waals surface area contributed by atoms with E-state index in [1.807, 2.05) is 54.0 Å². The summed E-state index contributed by atoms with van der Waals surface area (Å²) < 4.78 is 37.8. The minimum atomic E-state index is -2.67. The van der Waals surface area contributed by atoms with Crippen molar-refractivity contribution in [2.24, 2.45) is 0 Å². The van der Waals surface area contributed by atoms with Gasteiger partial charge in [-0.15, -0.1) is 0 Å². The predicted octanol–water partition coefficient (Wildman–Crippen LogP) is 1.36.